The van der Waals surface area contributed by atoms with Crippen molar-refractivity contribution < 1.29 is 52.1 Å². The number of hydrogen-bond donors (Lipinski definition) is 0. The molecule has 0 N–H and O–H groups in total. The molecular formula is C64H68F4N8O6S2. The normalized spacial score (nSPS) is 18.1. The van der Waals surface area contributed by atoms with E-state index >= 15 is 0 Å². The van der Waals surface area contributed by atoms with E-state index in [2.05, 4.69) is 9.97 Å². The Kier molecular flexibility index (Phi) is 13.6. The number of ether oxygens (including phenoxy) is 2. The van der Waals surface area contributed by atoms with Gasteiger partial charge in [0.25, 0.3) is 0 Å². The smallest absolute Gasteiger partial charge is 0.248 e. The summed E-state index contributed by atoms with van der Waals surface area (Å²) in [5.74, 6) is -5.23. The van der Waals surface area contributed by atoms with Gasteiger partial charge in [-0.1, -0.05) is 60.7 Å². The van der Waals surface area contributed by atoms with Crippen LogP contribution in [0.25, 0.3) is 66.4 Å². The van der Waals surface area contributed by atoms with Gasteiger partial charge in [-0.05, 0) is 113 Å². The van der Waals surface area contributed by atoms with E-state index in [9.17, 15) is 34.4 Å². The highest BCUT2D eigenvalue weighted by Crippen LogP contribution is 2.50. The highest BCUT2D eigenvalue weighted by molar-refractivity contribution is 7.91. The number of fused-ring (bicyclic) bond motifs is 6. The first-order valence-electron chi connectivity index (χ1n) is 30.9. The molecule has 0 aliphatic heterocycles. The second-order valence-electron chi connectivity index (χ2n) is 22.2. The van der Waals surface area contributed by atoms with Gasteiger partial charge in [-0.3, -0.25) is 9.97 Å². The molecule has 440 valence electrons. The highest BCUT2D eigenvalue weighted by atomic mass is 32.2. The van der Waals surface area contributed by atoms with Gasteiger partial charge in [-0.2, -0.15) is 0 Å². The van der Waals surface area contributed by atoms with E-state index in [1.807, 2.05) is 81.9 Å². The van der Waals surface area contributed by atoms with Gasteiger partial charge in [-0.25, -0.2) is 44.4 Å². The second-order valence-corrected chi connectivity index (χ2v) is 26.2. The number of sulfone groups is 2. The summed E-state index contributed by atoms with van der Waals surface area (Å²) in [6, 6.07) is 28.1. The Balaban J connectivity index is 0.000000185. The summed E-state index contributed by atoms with van der Waals surface area (Å²) >= 11 is 0. The Hall–Kier alpha value is -7.58. The molecule has 2 fully saturated rings. The lowest BCUT2D eigenvalue weighted by atomic mass is 9.79. The van der Waals surface area contributed by atoms with Gasteiger partial charge in [0.1, 0.15) is 11.5 Å². The molecule has 0 saturated heterocycles. The SMILES string of the molecule is [2H]C([2H])([2H])c1ncn(C)c1-c1cnc2c3c(OCC)cc(S(C)(=O)=O)cc3n(C(c3ccccc3)C3CCC(F)(F)CC3)c2c1.[2H]C([2H])([2H])c1ncn(C)c1-c1cnc2c3c(OCC)cc(S(C)(=O)=O)cc3n(C(c3ccccc3)C3CCC(F)(F)CC3)c2c1. The van der Waals surface area contributed by atoms with E-state index in [0.717, 1.165) is 23.6 Å². The van der Waals surface area contributed by atoms with Gasteiger partial charge in [0.05, 0.1) is 114 Å². The number of alkyl halides is 4. The highest BCUT2D eigenvalue weighted by Gasteiger charge is 2.42. The quantitative estimate of drug-likeness (QED) is 0.0960. The van der Waals surface area contributed by atoms with Crippen LogP contribution in [0.1, 0.15) is 108 Å². The standard InChI is InChI=1S/2C32H34F2N4O3S/c2*1-5-41-27-17-24(42(4,39)40)16-25-28(27)29-26(15-23(18-35-29)30-20(2)36-19-37(30)3)38(25)31(21-9-7-6-8-10-21)22-11-13-32(33,34)14-12-22/h2*6-10,15-19,22,31H,5,11-14H2,1-4H3/i2*2D3. The minimum atomic E-state index is -3.68. The van der Waals surface area contributed by atoms with Crippen LogP contribution >= 0.6 is 0 Å². The molecule has 10 aromatic rings. The molecule has 0 amide bonds. The van der Waals surface area contributed by atoms with E-state index in [1.54, 1.807) is 61.6 Å². The number of rotatable bonds is 14. The average Bonchev–Trinajstić information content (AvgIpc) is 1.57. The lowest BCUT2D eigenvalue weighted by molar-refractivity contribution is -0.0498. The van der Waals surface area contributed by atoms with Crippen LogP contribution in [0.2, 0.25) is 0 Å². The van der Waals surface area contributed by atoms with Crippen LogP contribution in [-0.2, 0) is 33.8 Å². The van der Waals surface area contributed by atoms with E-state index < -0.39 is 57.3 Å². The monoisotopic (exact) mass is 1190 g/mol. The summed E-state index contributed by atoms with van der Waals surface area (Å²) in [5.41, 5.74) is 6.67. The van der Waals surface area contributed by atoms with E-state index in [1.165, 1.54) is 24.8 Å². The Morgan fingerprint density at radius 3 is 1.26 bits per heavy atom. The molecule has 4 aromatic carbocycles. The van der Waals surface area contributed by atoms with Crippen LogP contribution in [0.4, 0.5) is 17.6 Å². The minimum Gasteiger partial charge on any atom is -0.493 e. The third kappa shape index (κ3) is 11.1. The molecular weight excluding hydrogens is 1120 g/mol. The largest absolute Gasteiger partial charge is 0.493 e. The van der Waals surface area contributed by atoms with Crippen molar-refractivity contribution in [2.75, 3.05) is 25.7 Å². The fourth-order valence-electron chi connectivity index (χ4n) is 12.6. The van der Waals surface area contributed by atoms with Gasteiger partial charge in [0.15, 0.2) is 19.7 Å². The topological polar surface area (TPSA) is 158 Å². The van der Waals surface area contributed by atoms with Crippen molar-refractivity contribution >= 4 is 63.5 Å². The number of hydrogen-bond acceptors (Lipinski definition) is 10. The van der Waals surface area contributed by atoms with Gasteiger partial charge >= 0.3 is 0 Å². The van der Waals surface area contributed by atoms with Crippen molar-refractivity contribution in [3.8, 4) is 34.0 Å². The van der Waals surface area contributed by atoms with Crippen molar-refractivity contribution in [3.05, 3.63) is 145 Å². The van der Waals surface area contributed by atoms with Crippen molar-refractivity contribution in [2.45, 2.75) is 113 Å². The molecule has 2 aliphatic rings. The molecule has 0 bridgehead atoms. The Morgan fingerprint density at radius 1 is 0.560 bits per heavy atom. The Labute approximate surface area is 494 Å². The predicted octanol–water partition coefficient (Wildman–Crippen LogP) is 14.2. The number of aryl methyl sites for hydroxylation is 4. The Bertz CT molecular complexity index is 4280. The van der Waals surface area contributed by atoms with Crippen LogP contribution in [-0.4, -0.2) is 92.6 Å². The predicted molar refractivity (Wildman–Crippen MR) is 320 cm³/mol. The van der Waals surface area contributed by atoms with Crippen LogP contribution in [0, 0.1) is 25.5 Å². The fraction of sp³-hybridized carbons (Fsp3) is 0.375. The molecule has 14 nitrogen and oxygen atoms in total. The molecule has 2 saturated carbocycles. The summed E-state index contributed by atoms with van der Waals surface area (Å²) in [5, 5.41) is 1.18. The maximum Gasteiger partial charge on any atom is 0.248 e. The number of imidazole rings is 2. The summed E-state index contributed by atoms with van der Waals surface area (Å²) in [7, 11) is -3.94. The van der Waals surface area contributed by atoms with Crippen molar-refractivity contribution in [1.29, 1.82) is 0 Å². The number of nitrogens with zero attached hydrogens (tertiary/aromatic N) is 8. The van der Waals surface area contributed by atoms with Crippen molar-refractivity contribution in [1.82, 2.24) is 38.2 Å². The lowest BCUT2D eigenvalue weighted by Crippen LogP contribution is -2.30. The van der Waals surface area contributed by atoms with Crippen LogP contribution in [0.5, 0.6) is 11.5 Å². The van der Waals surface area contributed by atoms with Gasteiger partial charge < -0.3 is 27.7 Å². The molecule has 84 heavy (non-hydrogen) atoms. The molecule has 12 rings (SSSR count). The zero-order chi connectivity index (χ0) is 64.6. The van der Waals surface area contributed by atoms with Gasteiger partial charge in [0, 0.05) is 84.0 Å². The van der Waals surface area contributed by atoms with Crippen molar-refractivity contribution in [2.24, 2.45) is 25.9 Å². The fourth-order valence-corrected chi connectivity index (χ4v) is 13.9. The first-order chi connectivity index (χ1) is 42.4. The summed E-state index contributed by atoms with van der Waals surface area (Å²) in [6.07, 6.45) is 8.33. The zero-order valence-electron chi connectivity index (χ0n) is 53.3. The van der Waals surface area contributed by atoms with Crippen molar-refractivity contribution in [3.63, 3.8) is 0 Å². The summed E-state index contributed by atoms with van der Waals surface area (Å²) < 4.78 is 177. The number of halogens is 4. The van der Waals surface area contributed by atoms with Gasteiger partial charge in [0.2, 0.25) is 11.8 Å². The molecule has 6 aromatic heterocycles. The van der Waals surface area contributed by atoms with E-state index in [4.69, 9.17) is 27.7 Å². The molecule has 20 heteroatoms. The van der Waals surface area contributed by atoms with Gasteiger partial charge in [-0.15, -0.1) is 0 Å². The minimum absolute atomic E-state index is 0.0565. The molecule has 6 heterocycles. The van der Waals surface area contributed by atoms with Crippen LogP contribution in [0.15, 0.2) is 132 Å². The average molecular weight is 1190 g/mol. The zero-order valence-corrected chi connectivity index (χ0v) is 48.9. The Morgan fingerprint density at radius 2 is 0.929 bits per heavy atom. The first kappa shape index (κ1) is 50.9. The molecule has 2 aliphatic carbocycles. The lowest BCUT2D eigenvalue weighted by Gasteiger charge is -2.35. The maximum atomic E-state index is 14.4. The molecule has 0 spiro atoms. The summed E-state index contributed by atoms with van der Waals surface area (Å²) in [4.78, 5) is 18.1. The van der Waals surface area contributed by atoms with Crippen LogP contribution < -0.4 is 9.47 Å². The third-order valence-electron chi connectivity index (χ3n) is 16.5. The molecule has 2 atom stereocenters. The number of aromatic nitrogens is 8. The second kappa shape index (κ2) is 22.4. The summed E-state index contributed by atoms with van der Waals surface area (Å²) in [6.45, 7) is -0.822. The molecule has 0 radical (unpaired) electrons. The van der Waals surface area contributed by atoms with E-state index in [-0.39, 0.29) is 97.6 Å². The molecule has 2 unspecified atom stereocenters. The maximum absolute atomic E-state index is 14.4. The number of benzene rings is 4. The third-order valence-corrected chi connectivity index (χ3v) is 18.7. The first-order valence-corrected chi connectivity index (χ1v) is 31.7. The van der Waals surface area contributed by atoms with Crippen LogP contribution in [0.3, 0.4) is 0 Å². The van der Waals surface area contributed by atoms with E-state index in [0.29, 0.717) is 77.9 Å². The number of pyridine rings is 2.